The molecular formula is C27H42N4O4. The van der Waals surface area contributed by atoms with Crippen molar-refractivity contribution in [1.82, 2.24) is 15.9 Å². The molecule has 2 rings (SSSR count). The highest BCUT2D eigenvalue weighted by molar-refractivity contribution is 5.91. The second-order valence-electron chi connectivity index (χ2n) is 10.5. The van der Waals surface area contributed by atoms with Crippen molar-refractivity contribution in [3.8, 4) is 0 Å². The predicted octanol–water partition coefficient (Wildman–Crippen LogP) is 3.66. The topological polar surface area (TPSA) is 125 Å². The number of allylic oxidation sites excluding steroid dienone is 1. The second-order valence-corrected chi connectivity index (χ2v) is 10.5. The van der Waals surface area contributed by atoms with Gasteiger partial charge in [0.25, 0.3) is 5.91 Å². The summed E-state index contributed by atoms with van der Waals surface area (Å²) in [6.07, 6.45) is 7.33. The number of hydrogen-bond donors (Lipinski definition) is 4. The van der Waals surface area contributed by atoms with Crippen molar-refractivity contribution in [2.24, 2.45) is 29.4 Å². The molecular weight excluding hydrogens is 444 g/mol. The maximum Gasteiger partial charge on any atom is 0.261 e. The largest absolute Gasteiger partial charge is 0.317 e. The first-order chi connectivity index (χ1) is 16.6. The number of nitrogens with one attached hydrogen (secondary N) is 2. The normalized spacial score (nSPS) is 16.9. The van der Waals surface area contributed by atoms with Gasteiger partial charge in [0.2, 0.25) is 11.8 Å². The van der Waals surface area contributed by atoms with E-state index in [1.54, 1.807) is 5.48 Å². The molecule has 3 amide bonds. The molecule has 0 bridgehead atoms. The Morgan fingerprint density at radius 3 is 2.20 bits per heavy atom. The summed E-state index contributed by atoms with van der Waals surface area (Å²) in [6.45, 7) is 8.19. The van der Waals surface area contributed by atoms with Gasteiger partial charge in [-0.2, -0.15) is 0 Å². The van der Waals surface area contributed by atoms with Crippen molar-refractivity contribution < 1.29 is 19.6 Å². The van der Waals surface area contributed by atoms with Crippen molar-refractivity contribution in [3.05, 3.63) is 42.0 Å². The minimum Gasteiger partial charge on any atom is -0.317 e. The lowest BCUT2D eigenvalue weighted by molar-refractivity contribution is -0.150. The van der Waals surface area contributed by atoms with Gasteiger partial charge < -0.3 is 5.73 Å². The zero-order chi connectivity index (χ0) is 26.0. The molecule has 8 nitrogen and oxygen atoms in total. The first-order valence-corrected chi connectivity index (χ1v) is 12.6. The zero-order valence-electron chi connectivity index (χ0n) is 21.5. The number of hydroxylamine groups is 1. The number of hydrogen-bond acceptors (Lipinski definition) is 5. The molecule has 0 unspecified atom stereocenters. The standard InChI is InChI=1S/C27H42N4O4/c1-19(2)17-23(22(25(33)30-35)14-10-13-21-11-6-5-7-12-21)24(32)29-31(18-20(3)4)26(34)27(28)15-8-9-16-27/h5-7,10-13,19-20,22-23,35H,8-9,14-18,28H2,1-4H3,(H,29,32)(H,30,33)/t22-,23+/m0/s1. The average Bonchev–Trinajstić information content (AvgIpc) is 3.27. The Labute approximate surface area is 209 Å². The number of nitrogens with zero attached hydrogens (tertiary/aromatic N) is 1. The fourth-order valence-corrected chi connectivity index (χ4v) is 4.66. The molecule has 0 spiro atoms. The molecule has 1 aliphatic carbocycles. The third-order valence-electron chi connectivity index (χ3n) is 6.45. The van der Waals surface area contributed by atoms with E-state index in [9.17, 15) is 19.6 Å². The summed E-state index contributed by atoms with van der Waals surface area (Å²) in [5, 5.41) is 10.8. The quantitative estimate of drug-likeness (QED) is 0.281. The number of nitrogens with two attached hydrogens (primary N) is 1. The Bertz CT molecular complexity index is 863. The molecule has 1 saturated carbocycles. The zero-order valence-corrected chi connectivity index (χ0v) is 21.5. The van der Waals surface area contributed by atoms with Crippen molar-refractivity contribution >= 4 is 23.8 Å². The molecule has 35 heavy (non-hydrogen) atoms. The number of rotatable bonds is 11. The lowest BCUT2D eigenvalue weighted by Gasteiger charge is -2.34. The SMILES string of the molecule is CC(C)C[C@@H](C(=O)NN(CC(C)C)C(=O)C1(N)CCCC1)[C@H](CC=Cc1ccccc1)C(=O)NO. The highest BCUT2D eigenvalue weighted by Crippen LogP contribution is 2.30. The minimum atomic E-state index is -0.976. The molecule has 8 heteroatoms. The molecule has 0 radical (unpaired) electrons. The van der Waals surface area contributed by atoms with Crippen molar-refractivity contribution in [2.45, 2.75) is 71.8 Å². The van der Waals surface area contributed by atoms with E-state index in [0.29, 0.717) is 25.8 Å². The number of carbonyl (C=O) groups excluding carboxylic acids is 3. The third-order valence-corrected chi connectivity index (χ3v) is 6.45. The molecule has 5 N–H and O–H groups in total. The van der Waals surface area contributed by atoms with Crippen LogP contribution in [0.3, 0.4) is 0 Å². The van der Waals surface area contributed by atoms with E-state index >= 15 is 0 Å². The van der Waals surface area contributed by atoms with Gasteiger partial charge in [0, 0.05) is 6.54 Å². The van der Waals surface area contributed by atoms with Gasteiger partial charge in [0.1, 0.15) is 0 Å². The van der Waals surface area contributed by atoms with Crippen molar-refractivity contribution in [1.29, 1.82) is 0 Å². The van der Waals surface area contributed by atoms with E-state index in [1.165, 1.54) is 5.01 Å². The van der Waals surface area contributed by atoms with Crippen LogP contribution in [0.5, 0.6) is 0 Å². The minimum absolute atomic E-state index is 0.109. The summed E-state index contributed by atoms with van der Waals surface area (Å²) in [5.41, 5.74) is 10.9. The van der Waals surface area contributed by atoms with Gasteiger partial charge in [-0.05, 0) is 43.1 Å². The molecule has 1 aromatic carbocycles. The number of benzene rings is 1. The van der Waals surface area contributed by atoms with E-state index < -0.39 is 29.2 Å². The fourth-order valence-electron chi connectivity index (χ4n) is 4.66. The summed E-state index contributed by atoms with van der Waals surface area (Å²) in [6, 6.07) is 9.64. The van der Waals surface area contributed by atoms with Crippen LogP contribution >= 0.6 is 0 Å². The predicted molar refractivity (Wildman–Crippen MR) is 137 cm³/mol. The van der Waals surface area contributed by atoms with Gasteiger partial charge >= 0.3 is 0 Å². The summed E-state index contributed by atoms with van der Waals surface area (Å²) < 4.78 is 0. The molecule has 1 aliphatic rings. The third kappa shape index (κ3) is 8.47. The fraction of sp³-hybridized carbons (Fsp3) is 0.593. The van der Waals surface area contributed by atoms with Gasteiger partial charge in [0.15, 0.2) is 0 Å². The van der Waals surface area contributed by atoms with Crippen LogP contribution in [0.2, 0.25) is 0 Å². The molecule has 0 aliphatic heterocycles. The van der Waals surface area contributed by atoms with E-state index in [1.807, 2.05) is 70.2 Å². The molecule has 1 fully saturated rings. The van der Waals surface area contributed by atoms with Crippen LogP contribution in [0.1, 0.15) is 71.8 Å². The average molecular weight is 487 g/mol. The number of amides is 3. The summed E-state index contributed by atoms with van der Waals surface area (Å²) >= 11 is 0. The van der Waals surface area contributed by atoms with Crippen LogP contribution in [0.4, 0.5) is 0 Å². The van der Waals surface area contributed by atoms with Gasteiger partial charge in [0.05, 0.1) is 17.4 Å². The molecule has 1 aromatic rings. The smallest absolute Gasteiger partial charge is 0.261 e. The maximum absolute atomic E-state index is 13.6. The van der Waals surface area contributed by atoms with E-state index in [-0.39, 0.29) is 24.2 Å². The van der Waals surface area contributed by atoms with Gasteiger partial charge in [-0.25, -0.2) is 5.48 Å². The van der Waals surface area contributed by atoms with Gasteiger partial charge in [-0.3, -0.25) is 30.0 Å². The lowest BCUT2D eigenvalue weighted by Crippen LogP contribution is -2.60. The van der Waals surface area contributed by atoms with E-state index in [2.05, 4.69) is 5.43 Å². The van der Waals surface area contributed by atoms with E-state index in [0.717, 1.165) is 18.4 Å². The summed E-state index contributed by atoms with van der Waals surface area (Å²) in [4.78, 5) is 39.5. The Morgan fingerprint density at radius 1 is 1.03 bits per heavy atom. The van der Waals surface area contributed by atoms with Gasteiger partial charge in [-0.1, -0.05) is 83.0 Å². The first-order valence-electron chi connectivity index (χ1n) is 12.6. The Hall–Kier alpha value is -2.71. The Kier molecular flexibility index (Phi) is 10.9. The van der Waals surface area contributed by atoms with Crippen LogP contribution < -0.4 is 16.6 Å². The van der Waals surface area contributed by atoms with Crippen LogP contribution in [0, 0.1) is 23.7 Å². The summed E-state index contributed by atoms with van der Waals surface area (Å²) in [7, 11) is 0. The molecule has 0 aromatic heterocycles. The highest BCUT2D eigenvalue weighted by atomic mass is 16.5. The van der Waals surface area contributed by atoms with Gasteiger partial charge in [-0.15, -0.1) is 0 Å². The van der Waals surface area contributed by atoms with Crippen molar-refractivity contribution in [3.63, 3.8) is 0 Å². The highest BCUT2D eigenvalue weighted by Gasteiger charge is 2.42. The van der Waals surface area contributed by atoms with Crippen molar-refractivity contribution in [2.75, 3.05) is 6.54 Å². The van der Waals surface area contributed by atoms with Crippen LogP contribution in [-0.4, -0.2) is 40.0 Å². The monoisotopic (exact) mass is 486 g/mol. The van der Waals surface area contributed by atoms with E-state index in [4.69, 9.17) is 5.73 Å². The number of carbonyl (C=O) groups is 3. The van der Waals surface area contributed by atoms with Crippen LogP contribution in [0.15, 0.2) is 36.4 Å². The van der Waals surface area contributed by atoms with Crippen LogP contribution in [-0.2, 0) is 14.4 Å². The molecule has 0 saturated heterocycles. The molecule has 0 heterocycles. The molecule has 2 atom stereocenters. The Balaban J connectivity index is 2.27. The maximum atomic E-state index is 13.6. The molecule has 194 valence electrons. The summed E-state index contributed by atoms with van der Waals surface area (Å²) in [5.74, 6) is -2.67. The van der Waals surface area contributed by atoms with Crippen LogP contribution in [0.25, 0.3) is 6.08 Å². The lowest BCUT2D eigenvalue weighted by atomic mass is 9.82. The second kappa shape index (κ2) is 13.4. The Morgan fingerprint density at radius 2 is 1.66 bits per heavy atom. The number of hydrazine groups is 1. The first kappa shape index (κ1) is 28.5.